The lowest BCUT2D eigenvalue weighted by Crippen LogP contribution is -2.39. The quantitative estimate of drug-likeness (QED) is 0.387. The number of nitrogens with one attached hydrogen (secondary N) is 2. The SMILES string of the molecule is CCNC(=NCCCOC1CCCCC1)NCCOc1cccnc1. The van der Waals surface area contributed by atoms with E-state index in [1.54, 1.807) is 12.4 Å². The van der Waals surface area contributed by atoms with Gasteiger partial charge in [-0.3, -0.25) is 9.98 Å². The second-order valence-corrected chi connectivity index (χ2v) is 6.21. The van der Waals surface area contributed by atoms with Crippen molar-refractivity contribution < 1.29 is 9.47 Å². The Morgan fingerprint density at radius 2 is 2.12 bits per heavy atom. The van der Waals surface area contributed by atoms with E-state index in [1.807, 2.05) is 12.1 Å². The molecule has 0 spiro atoms. The fourth-order valence-electron chi connectivity index (χ4n) is 2.85. The van der Waals surface area contributed by atoms with E-state index in [4.69, 9.17) is 9.47 Å². The largest absolute Gasteiger partial charge is 0.490 e. The number of hydrogen-bond donors (Lipinski definition) is 2. The molecule has 0 amide bonds. The second-order valence-electron chi connectivity index (χ2n) is 6.21. The molecule has 25 heavy (non-hydrogen) atoms. The molecule has 1 aliphatic carbocycles. The Morgan fingerprint density at radius 1 is 1.24 bits per heavy atom. The van der Waals surface area contributed by atoms with Gasteiger partial charge < -0.3 is 20.1 Å². The van der Waals surface area contributed by atoms with Crippen molar-refractivity contribution in [2.75, 3.05) is 32.8 Å². The molecule has 2 rings (SSSR count). The third-order valence-electron chi connectivity index (χ3n) is 4.12. The topological polar surface area (TPSA) is 67.8 Å². The monoisotopic (exact) mass is 348 g/mol. The van der Waals surface area contributed by atoms with E-state index in [9.17, 15) is 0 Å². The fraction of sp³-hybridized carbons (Fsp3) is 0.684. The zero-order valence-corrected chi connectivity index (χ0v) is 15.4. The van der Waals surface area contributed by atoms with Gasteiger partial charge in [0.25, 0.3) is 0 Å². The molecule has 0 bridgehead atoms. The van der Waals surface area contributed by atoms with Crippen LogP contribution in [0.3, 0.4) is 0 Å². The molecule has 0 aromatic carbocycles. The van der Waals surface area contributed by atoms with Crippen molar-refractivity contribution in [1.82, 2.24) is 15.6 Å². The summed E-state index contributed by atoms with van der Waals surface area (Å²) in [6, 6.07) is 3.77. The molecule has 1 aliphatic rings. The molecule has 0 radical (unpaired) electrons. The van der Waals surface area contributed by atoms with Crippen molar-refractivity contribution in [2.24, 2.45) is 4.99 Å². The number of guanidine groups is 1. The van der Waals surface area contributed by atoms with Gasteiger partial charge in [0.05, 0.1) is 18.8 Å². The van der Waals surface area contributed by atoms with Gasteiger partial charge in [-0.05, 0) is 38.3 Å². The van der Waals surface area contributed by atoms with Gasteiger partial charge in [0.2, 0.25) is 0 Å². The van der Waals surface area contributed by atoms with Crippen LogP contribution in [0, 0.1) is 0 Å². The zero-order chi connectivity index (χ0) is 17.6. The molecular weight excluding hydrogens is 316 g/mol. The number of pyridine rings is 1. The van der Waals surface area contributed by atoms with Crippen LogP contribution in [0.15, 0.2) is 29.5 Å². The van der Waals surface area contributed by atoms with Crippen molar-refractivity contribution in [1.29, 1.82) is 0 Å². The van der Waals surface area contributed by atoms with Crippen molar-refractivity contribution in [3.8, 4) is 5.75 Å². The predicted octanol–water partition coefficient (Wildman–Crippen LogP) is 2.75. The number of aliphatic imine (C=N–C) groups is 1. The maximum Gasteiger partial charge on any atom is 0.191 e. The van der Waals surface area contributed by atoms with Crippen LogP contribution in [-0.4, -0.2) is 49.9 Å². The van der Waals surface area contributed by atoms with Gasteiger partial charge in [0.1, 0.15) is 12.4 Å². The minimum atomic E-state index is 0.480. The minimum Gasteiger partial charge on any atom is -0.490 e. The molecular formula is C19H32N4O2. The van der Waals surface area contributed by atoms with E-state index in [0.29, 0.717) is 19.3 Å². The Bertz CT molecular complexity index is 476. The van der Waals surface area contributed by atoms with Gasteiger partial charge in [-0.25, -0.2) is 0 Å². The first kappa shape index (κ1) is 19.5. The highest BCUT2D eigenvalue weighted by molar-refractivity contribution is 5.79. The average Bonchev–Trinajstić information content (AvgIpc) is 2.66. The first-order chi connectivity index (χ1) is 12.4. The molecule has 1 heterocycles. The lowest BCUT2D eigenvalue weighted by Gasteiger charge is -2.21. The van der Waals surface area contributed by atoms with Crippen LogP contribution in [0.5, 0.6) is 5.75 Å². The van der Waals surface area contributed by atoms with Gasteiger partial charge >= 0.3 is 0 Å². The lowest BCUT2D eigenvalue weighted by atomic mass is 9.98. The minimum absolute atomic E-state index is 0.480. The summed E-state index contributed by atoms with van der Waals surface area (Å²) in [6.07, 6.45) is 11.3. The summed E-state index contributed by atoms with van der Waals surface area (Å²) in [5.74, 6) is 1.61. The summed E-state index contributed by atoms with van der Waals surface area (Å²) < 4.78 is 11.6. The Balaban J connectivity index is 1.57. The number of ether oxygens (including phenoxy) is 2. The molecule has 1 saturated carbocycles. The lowest BCUT2D eigenvalue weighted by molar-refractivity contribution is 0.0281. The predicted molar refractivity (Wildman–Crippen MR) is 101 cm³/mol. The molecule has 2 N–H and O–H groups in total. The van der Waals surface area contributed by atoms with Gasteiger partial charge in [-0.2, -0.15) is 0 Å². The van der Waals surface area contributed by atoms with Crippen molar-refractivity contribution in [3.63, 3.8) is 0 Å². The highest BCUT2D eigenvalue weighted by atomic mass is 16.5. The van der Waals surface area contributed by atoms with Gasteiger partial charge in [-0.1, -0.05) is 19.3 Å². The fourth-order valence-corrected chi connectivity index (χ4v) is 2.85. The Morgan fingerprint density at radius 3 is 2.88 bits per heavy atom. The van der Waals surface area contributed by atoms with Gasteiger partial charge in [-0.15, -0.1) is 0 Å². The number of aromatic nitrogens is 1. The third kappa shape index (κ3) is 8.72. The molecule has 1 fully saturated rings. The summed E-state index contributed by atoms with van der Waals surface area (Å²) in [5.41, 5.74) is 0. The van der Waals surface area contributed by atoms with Crippen LogP contribution in [-0.2, 0) is 4.74 Å². The summed E-state index contributed by atoms with van der Waals surface area (Å²) >= 11 is 0. The van der Waals surface area contributed by atoms with E-state index in [2.05, 4.69) is 27.5 Å². The first-order valence-electron chi connectivity index (χ1n) is 9.55. The first-order valence-corrected chi connectivity index (χ1v) is 9.55. The Kier molecular flexibility index (Phi) is 9.77. The third-order valence-corrected chi connectivity index (χ3v) is 4.12. The van der Waals surface area contributed by atoms with E-state index in [1.165, 1.54) is 32.1 Å². The Hall–Kier alpha value is -1.82. The van der Waals surface area contributed by atoms with Crippen LogP contribution in [0.4, 0.5) is 0 Å². The summed E-state index contributed by atoms with van der Waals surface area (Å²) in [6.45, 7) is 5.74. The summed E-state index contributed by atoms with van der Waals surface area (Å²) in [5, 5.41) is 6.54. The van der Waals surface area contributed by atoms with Crippen LogP contribution in [0.25, 0.3) is 0 Å². The molecule has 0 unspecified atom stereocenters. The maximum atomic E-state index is 5.94. The van der Waals surface area contributed by atoms with Crippen molar-refractivity contribution in [3.05, 3.63) is 24.5 Å². The zero-order valence-electron chi connectivity index (χ0n) is 15.4. The standard InChI is InChI=1S/C19H32N4O2/c1-2-21-19(23-13-15-25-18-10-6-11-20-16-18)22-12-7-14-24-17-8-4-3-5-9-17/h6,10-11,16-17H,2-5,7-9,12-15H2,1H3,(H2,21,22,23). The highest BCUT2D eigenvalue weighted by Gasteiger charge is 2.12. The van der Waals surface area contributed by atoms with Crippen LogP contribution < -0.4 is 15.4 Å². The van der Waals surface area contributed by atoms with Crippen LogP contribution in [0.1, 0.15) is 45.4 Å². The van der Waals surface area contributed by atoms with E-state index in [0.717, 1.165) is 37.8 Å². The second kappa shape index (κ2) is 12.5. The molecule has 0 saturated heterocycles. The molecule has 6 nitrogen and oxygen atoms in total. The highest BCUT2D eigenvalue weighted by Crippen LogP contribution is 2.20. The van der Waals surface area contributed by atoms with Crippen LogP contribution in [0.2, 0.25) is 0 Å². The maximum absolute atomic E-state index is 5.94. The normalized spacial score (nSPS) is 15.8. The molecule has 6 heteroatoms. The van der Waals surface area contributed by atoms with Crippen LogP contribution >= 0.6 is 0 Å². The van der Waals surface area contributed by atoms with Gasteiger partial charge in [0.15, 0.2) is 5.96 Å². The molecule has 1 aromatic rings. The molecule has 140 valence electrons. The van der Waals surface area contributed by atoms with Crippen molar-refractivity contribution >= 4 is 5.96 Å². The smallest absolute Gasteiger partial charge is 0.191 e. The summed E-state index contributed by atoms with van der Waals surface area (Å²) in [7, 11) is 0. The number of hydrogen-bond acceptors (Lipinski definition) is 4. The van der Waals surface area contributed by atoms with E-state index >= 15 is 0 Å². The van der Waals surface area contributed by atoms with Crippen molar-refractivity contribution in [2.45, 2.75) is 51.6 Å². The van der Waals surface area contributed by atoms with E-state index in [-0.39, 0.29) is 0 Å². The molecule has 0 aliphatic heterocycles. The molecule has 1 aromatic heterocycles. The number of rotatable bonds is 10. The summed E-state index contributed by atoms with van der Waals surface area (Å²) in [4.78, 5) is 8.61. The molecule has 0 atom stereocenters. The van der Waals surface area contributed by atoms with E-state index < -0.39 is 0 Å². The average molecular weight is 348 g/mol. The Labute approximate surface area is 151 Å². The van der Waals surface area contributed by atoms with Gasteiger partial charge in [0, 0.05) is 25.9 Å². The number of nitrogens with zero attached hydrogens (tertiary/aromatic N) is 2.